The largest absolute Gasteiger partial charge is 0.388 e. The van der Waals surface area contributed by atoms with Gasteiger partial charge in [-0.25, -0.2) is 0 Å². The molecule has 5 heteroatoms. The molecule has 5 nitrogen and oxygen atoms in total. The first kappa shape index (κ1) is 15.5. The summed E-state index contributed by atoms with van der Waals surface area (Å²) in [7, 11) is 0. The molecule has 0 aromatic heterocycles. The van der Waals surface area contributed by atoms with Crippen molar-refractivity contribution in [3.8, 4) is 0 Å². The molecular weight excluding hydrogens is 268 g/mol. The molecule has 0 bridgehead atoms. The summed E-state index contributed by atoms with van der Waals surface area (Å²) >= 11 is 0. The summed E-state index contributed by atoms with van der Waals surface area (Å²) in [5.74, 6) is -0.281. The third-order valence-corrected chi connectivity index (χ3v) is 3.87. The minimum absolute atomic E-state index is 0.0350. The molecule has 0 unspecified atom stereocenters. The van der Waals surface area contributed by atoms with Gasteiger partial charge >= 0.3 is 0 Å². The van der Waals surface area contributed by atoms with Gasteiger partial charge < -0.3 is 15.3 Å². The van der Waals surface area contributed by atoms with Crippen LogP contribution in [0.2, 0.25) is 0 Å². The summed E-state index contributed by atoms with van der Waals surface area (Å²) in [6, 6.07) is 9.53. The number of hydrogen-bond donors (Lipinski definition) is 2. The highest BCUT2D eigenvalue weighted by Crippen LogP contribution is 2.27. The Balaban J connectivity index is 1.92. The number of amides is 2. The van der Waals surface area contributed by atoms with Crippen molar-refractivity contribution < 1.29 is 14.7 Å². The van der Waals surface area contributed by atoms with Crippen LogP contribution in [0.1, 0.15) is 37.9 Å². The summed E-state index contributed by atoms with van der Waals surface area (Å²) in [6.07, 6.45) is 1.81. The van der Waals surface area contributed by atoms with Gasteiger partial charge in [0.05, 0.1) is 12.6 Å². The molecule has 0 aliphatic carbocycles. The lowest BCUT2D eigenvalue weighted by Crippen LogP contribution is -2.42. The predicted octanol–water partition coefficient (Wildman–Crippen LogP) is 1.24. The van der Waals surface area contributed by atoms with E-state index in [2.05, 4.69) is 5.32 Å². The molecule has 2 amide bonds. The zero-order chi connectivity index (χ0) is 15.2. The highest BCUT2D eigenvalue weighted by atomic mass is 16.3. The van der Waals surface area contributed by atoms with Crippen molar-refractivity contribution >= 4 is 11.8 Å². The SMILES string of the molecule is CC(=O)NCC(=O)N1CCC[C@H]1C[C@H](O)c1ccccc1. The fraction of sp³-hybridized carbons (Fsp3) is 0.500. The van der Waals surface area contributed by atoms with E-state index in [0.717, 1.165) is 18.4 Å². The van der Waals surface area contributed by atoms with Crippen molar-refractivity contribution in [3.63, 3.8) is 0 Å². The quantitative estimate of drug-likeness (QED) is 0.857. The van der Waals surface area contributed by atoms with Crippen LogP contribution in [0.3, 0.4) is 0 Å². The Morgan fingerprint density at radius 2 is 2.10 bits per heavy atom. The van der Waals surface area contributed by atoms with Crippen LogP contribution in [0, 0.1) is 0 Å². The van der Waals surface area contributed by atoms with Gasteiger partial charge in [-0.15, -0.1) is 0 Å². The van der Waals surface area contributed by atoms with Gasteiger partial charge in [-0.1, -0.05) is 30.3 Å². The van der Waals surface area contributed by atoms with Gasteiger partial charge in [0.1, 0.15) is 0 Å². The van der Waals surface area contributed by atoms with Crippen LogP contribution in [0.5, 0.6) is 0 Å². The van der Waals surface area contributed by atoms with Gasteiger partial charge in [-0.3, -0.25) is 9.59 Å². The standard InChI is InChI=1S/C16H22N2O3/c1-12(19)17-11-16(21)18-9-5-8-14(18)10-15(20)13-6-3-2-4-7-13/h2-4,6-7,14-15,20H,5,8-11H2,1H3,(H,17,19)/t14-,15-/m0/s1. The Kier molecular flexibility index (Phi) is 5.33. The van der Waals surface area contributed by atoms with E-state index in [1.54, 1.807) is 4.90 Å². The second kappa shape index (κ2) is 7.22. The van der Waals surface area contributed by atoms with Crippen LogP contribution in [-0.2, 0) is 9.59 Å². The van der Waals surface area contributed by atoms with E-state index >= 15 is 0 Å². The molecule has 0 spiro atoms. The summed E-state index contributed by atoms with van der Waals surface area (Å²) in [4.78, 5) is 24.8. The number of carbonyl (C=O) groups excluding carboxylic acids is 2. The maximum Gasteiger partial charge on any atom is 0.242 e. The number of aliphatic hydroxyl groups is 1. The topological polar surface area (TPSA) is 69.6 Å². The number of likely N-dealkylation sites (tertiary alicyclic amines) is 1. The zero-order valence-electron chi connectivity index (χ0n) is 12.3. The second-order valence-corrected chi connectivity index (χ2v) is 5.46. The van der Waals surface area contributed by atoms with Crippen LogP contribution in [0.15, 0.2) is 30.3 Å². The van der Waals surface area contributed by atoms with Crippen molar-refractivity contribution in [1.29, 1.82) is 0 Å². The Morgan fingerprint density at radius 3 is 2.76 bits per heavy atom. The highest BCUT2D eigenvalue weighted by molar-refractivity contribution is 5.84. The van der Waals surface area contributed by atoms with Crippen LogP contribution in [-0.4, -0.2) is 41.0 Å². The third kappa shape index (κ3) is 4.29. The first-order valence-corrected chi connectivity index (χ1v) is 7.35. The maximum atomic E-state index is 12.1. The van der Waals surface area contributed by atoms with E-state index in [1.165, 1.54) is 6.92 Å². The number of nitrogens with zero attached hydrogens (tertiary/aromatic N) is 1. The Labute approximate surface area is 125 Å². The molecule has 1 aromatic carbocycles. The average Bonchev–Trinajstić information content (AvgIpc) is 2.93. The molecule has 1 aromatic rings. The van der Waals surface area contributed by atoms with E-state index in [1.807, 2.05) is 30.3 Å². The van der Waals surface area contributed by atoms with Gasteiger partial charge in [0.25, 0.3) is 0 Å². The minimum atomic E-state index is -0.564. The van der Waals surface area contributed by atoms with E-state index in [9.17, 15) is 14.7 Å². The lowest BCUT2D eigenvalue weighted by atomic mass is 10.0. The second-order valence-electron chi connectivity index (χ2n) is 5.46. The van der Waals surface area contributed by atoms with Crippen molar-refractivity contribution in [2.75, 3.05) is 13.1 Å². The van der Waals surface area contributed by atoms with Gasteiger partial charge in [0.2, 0.25) is 11.8 Å². The normalized spacial score (nSPS) is 19.3. The molecule has 2 atom stereocenters. The zero-order valence-corrected chi connectivity index (χ0v) is 12.3. The minimum Gasteiger partial charge on any atom is -0.388 e. The fourth-order valence-electron chi connectivity index (χ4n) is 2.78. The van der Waals surface area contributed by atoms with Crippen LogP contribution < -0.4 is 5.32 Å². The van der Waals surface area contributed by atoms with E-state index in [4.69, 9.17) is 0 Å². The van der Waals surface area contributed by atoms with E-state index < -0.39 is 6.10 Å². The summed E-state index contributed by atoms with van der Waals surface area (Å²) in [6.45, 7) is 2.13. The first-order valence-electron chi connectivity index (χ1n) is 7.35. The predicted molar refractivity (Wildman–Crippen MR) is 79.4 cm³/mol. The smallest absolute Gasteiger partial charge is 0.242 e. The van der Waals surface area contributed by atoms with Crippen LogP contribution in [0.25, 0.3) is 0 Å². The Bertz CT molecular complexity index is 490. The number of rotatable bonds is 5. The van der Waals surface area contributed by atoms with Gasteiger partial charge in [-0.2, -0.15) is 0 Å². The van der Waals surface area contributed by atoms with Crippen LogP contribution >= 0.6 is 0 Å². The molecule has 1 heterocycles. The lowest BCUT2D eigenvalue weighted by Gasteiger charge is -2.26. The van der Waals surface area contributed by atoms with Gasteiger partial charge in [0.15, 0.2) is 0 Å². The number of aliphatic hydroxyl groups excluding tert-OH is 1. The van der Waals surface area contributed by atoms with Crippen LogP contribution in [0.4, 0.5) is 0 Å². The van der Waals surface area contributed by atoms with E-state index in [0.29, 0.717) is 13.0 Å². The molecule has 1 fully saturated rings. The lowest BCUT2D eigenvalue weighted by molar-refractivity contribution is -0.133. The summed E-state index contributed by atoms with van der Waals surface area (Å²) < 4.78 is 0. The molecule has 1 aliphatic heterocycles. The summed E-state index contributed by atoms with van der Waals surface area (Å²) in [5.41, 5.74) is 0.874. The number of benzene rings is 1. The van der Waals surface area contributed by atoms with Crippen molar-refractivity contribution in [3.05, 3.63) is 35.9 Å². The average molecular weight is 290 g/mol. The van der Waals surface area contributed by atoms with Gasteiger partial charge in [-0.05, 0) is 24.8 Å². The molecule has 2 N–H and O–H groups in total. The summed E-state index contributed by atoms with van der Waals surface area (Å²) in [5, 5.41) is 12.8. The molecule has 21 heavy (non-hydrogen) atoms. The maximum absolute atomic E-state index is 12.1. The van der Waals surface area contributed by atoms with Crippen molar-refractivity contribution in [1.82, 2.24) is 10.2 Å². The molecule has 0 saturated carbocycles. The highest BCUT2D eigenvalue weighted by Gasteiger charge is 2.30. The monoisotopic (exact) mass is 290 g/mol. The van der Waals surface area contributed by atoms with Crippen molar-refractivity contribution in [2.45, 2.75) is 38.3 Å². The third-order valence-electron chi connectivity index (χ3n) is 3.87. The Hall–Kier alpha value is -1.88. The molecule has 0 radical (unpaired) electrons. The fourth-order valence-corrected chi connectivity index (χ4v) is 2.78. The molecule has 114 valence electrons. The molecule has 1 saturated heterocycles. The number of hydrogen-bond acceptors (Lipinski definition) is 3. The van der Waals surface area contributed by atoms with E-state index in [-0.39, 0.29) is 24.4 Å². The first-order chi connectivity index (χ1) is 10.1. The Morgan fingerprint density at radius 1 is 1.38 bits per heavy atom. The molecular formula is C16H22N2O3. The van der Waals surface area contributed by atoms with Crippen molar-refractivity contribution in [2.24, 2.45) is 0 Å². The van der Waals surface area contributed by atoms with Gasteiger partial charge in [0, 0.05) is 19.5 Å². The molecule has 1 aliphatic rings. The number of carbonyl (C=O) groups is 2. The molecule has 2 rings (SSSR count). The number of nitrogens with one attached hydrogen (secondary N) is 1.